The fourth-order valence-corrected chi connectivity index (χ4v) is 2.29. The van der Waals surface area contributed by atoms with Crippen molar-refractivity contribution in [1.82, 2.24) is 4.90 Å². The summed E-state index contributed by atoms with van der Waals surface area (Å²) in [4.78, 5) is 2.44. The van der Waals surface area contributed by atoms with Crippen molar-refractivity contribution in [2.45, 2.75) is 32.6 Å². The van der Waals surface area contributed by atoms with Crippen molar-refractivity contribution >= 4 is 5.70 Å². The molecule has 0 unspecified atom stereocenters. The first-order valence-electron chi connectivity index (χ1n) is 7.00. The number of allylic oxidation sites excluding steroid dienone is 2. The van der Waals surface area contributed by atoms with Crippen LogP contribution in [0.5, 0.6) is 0 Å². The van der Waals surface area contributed by atoms with E-state index in [1.165, 1.54) is 36.9 Å². The Balaban J connectivity index is 1.98. The number of unbranched alkanes of at least 4 members (excludes halogenated alkanes) is 3. The molecular weight excluding hydrogens is 218 g/mol. The second kappa shape index (κ2) is 7.05. The fraction of sp³-hybridized carbons (Fsp3) is 0.412. The van der Waals surface area contributed by atoms with Gasteiger partial charge in [-0.25, -0.2) is 0 Å². The van der Waals surface area contributed by atoms with E-state index in [0.717, 1.165) is 13.1 Å². The maximum absolute atomic E-state index is 3.39. The lowest BCUT2D eigenvalue weighted by atomic mass is 10.1. The molecule has 0 saturated carbocycles. The first-order chi connectivity index (χ1) is 8.92. The Kier molecular flexibility index (Phi) is 5.07. The normalized spacial score (nSPS) is 14.7. The van der Waals surface area contributed by atoms with E-state index in [0.29, 0.717) is 0 Å². The molecule has 95 valence electrons. The summed E-state index contributed by atoms with van der Waals surface area (Å²) in [6.45, 7) is 4.41. The van der Waals surface area contributed by atoms with Crippen LogP contribution >= 0.6 is 0 Å². The number of benzene rings is 1. The predicted octanol–water partition coefficient (Wildman–Crippen LogP) is 4.28. The Morgan fingerprint density at radius 2 is 1.94 bits per heavy atom. The first kappa shape index (κ1) is 12.9. The smallest absolute Gasteiger partial charge is 0.0523 e. The standard InChI is InChI=1S/C17H22N/c1-2-3-4-9-14-18-15-10-8-13-17(18)16-11-6-5-7-12-16/h5-8,10-12H,2-4,9,14-15H2,1H3. The van der Waals surface area contributed by atoms with Gasteiger partial charge < -0.3 is 4.90 Å². The Morgan fingerprint density at radius 3 is 2.72 bits per heavy atom. The van der Waals surface area contributed by atoms with Crippen molar-refractivity contribution in [1.29, 1.82) is 0 Å². The summed E-state index contributed by atoms with van der Waals surface area (Å²) >= 11 is 0. The van der Waals surface area contributed by atoms with Gasteiger partial charge in [-0.15, -0.1) is 0 Å². The van der Waals surface area contributed by atoms with Gasteiger partial charge in [0.05, 0.1) is 5.70 Å². The number of hydrogen-bond acceptors (Lipinski definition) is 1. The van der Waals surface area contributed by atoms with Crippen LogP contribution in [0.3, 0.4) is 0 Å². The molecule has 0 fully saturated rings. The minimum Gasteiger partial charge on any atom is -0.367 e. The summed E-state index contributed by atoms with van der Waals surface area (Å²) in [5, 5.41) is 0. The average molecular weight is 240 g/mol. The molecule has 0 saturated heterocycles. The van der Waals surface area contributed by atoms with Crippen molar-refractivity contribution in [2.24, 2.45) is 0 Å². The Hall–Kier alpha value is -1.50. The predicted molar refractivity (Wildman–Crippen MR) is 77.9 cm³/mol. The summed E-state index contributed by atoms with van der Waals surface area (Å²) in [6, 6.07) is 10.6. The molecule has 0 aliphatic carbocycles. The fourth-order valence-electron chi connectivity index (χ4n) is 2.29. The zero-order valence-electron chi connectivity index (χ0n) is 11.2. The van der Waals surface area contributed by atoms with Gasteiger partial charge in [-0.2, -0.15) is 0 Å². The van der Waals surface area contributed by atoms with Gasteiger partial charge in [-0.05, 0) is 12.0 Å². The van der Waals surface area contributed by atoms with Crippen molar-refractivity contribution in [2.75, 3.05) is 13.1 Å². The topological polar surface area (TPSA) is 3.24 Å². The van der Waals surface area contributed by atoms with Crippen LogP contribution in [0.4, 0.5) is 0 Å². The van der Waals surface area contributed by atoms with Gasteiger partial charge in [-0.3, -0.25) is 0 Å². The molecule has 1 nitrogen and oxygen atoms in total. The SMILES string of the molecule is CCCCCCN1CC=C[C]=C1c1ccccc1. The third-order valence-corrected chi connectivity index (χ3v) is 3.31. The minimum atomic E-state index is 1.02. The van der Waals surface area contributed by atoms with Gasteiger partial charge in [0.2, 0.25) is 0 Å². The van der Waals surface area contributed by atoms with Crippen LogP contribution in [-0.2, 0) is 0 Å². The van der Waals surface area contributed by atoms with E-state index < -0.39 is 0 Å². The zero-order chi connectivity index (χ0) is 12.6. The van der Waals surface area contributed by atoms with Crippen molar-refractivity contribution in [3.63, 3.8) is 0 Å². The van der Waals surface area contributed by atoms with Crippen LogP contribution in [-0.4, -0.2) is 18.0 Å². The van der Waals surface area contributed by atoms with Crippen molar-refractivity contribution in [3.8, 4) is 0 Å². The highest BCUT2D eigenvalue weighted by Crippen LogP contribution is 2.22. The van der Waals surface area contributed by atoms with Crippen LogP contribution in [0, 0.1) is 6.08 Å². The Labute approximate surface area is 111 Å². The molecule has 1 aromatic rings. The molecular formula is C17H22N. The molecule has 1 heterocycles. The number of rotatable bonds is 6. The molecule has 0 aromatic heterocycles. The van der Waals surface area contributed by atoms with Crippen molar-refractivity contribution in [3.05, 3.63) is 54.1 Å². The van der Waals surface area contributed by atoms with E-state index in [2.05, 4.69) is 54.3 Å². The highest BCUT2D eigenvalue weighted by molar-refractivity contribution is 5.64. The summed E-state index contributed by atoms with van der Waals surface area (Å²) in [6.07, 6.45) is 12.9. The maximum Gasteiger partial charge on any atom is 0.0523 e. The van der Waals surface area contributed by atoms with Crippen LogP contribution in [0.1, 0.15) is 38.2 Å². The van der Waals surface area contributed by atoms with E-state index >= 15 is 0 Å². The lowest BCUT2D eigenvalue weighted by Gasteiger charge is -2.28. The Bertz CT molecular complexity index is 403. The monoisotopic (exact) mass is 240 g/mol. The van der Waals surface area contributed by atoms with Gasteiger partial charge in [0.1, 0.15) is 0 Å². The van der Waals surface area contributed by atoms with Gasteiger partial charge in [-0.1, -0.05) is 68.7 Å². The summed E-state index contributed by atoms with van der Waals surface area (Å²) < 4.78 is 0. The molecule has 2 rings (SSSR count). The van der Waals surface area contributed by atoms with Gasteiger partial charge >= 0.3 is 0 Å². The molecule has 0 amide bonds. The molecule has 0 spiro atoms. The van der Waals surface area contributed by atoms with Crippen LogP contribution < -0.4 is 0 Å². The lowest BCUT2D eigenvalue weighted by Crippen LogP contribution is -2.25. The van der Waals surface area contributed by atoms with Gasteiger partial charge in [0, 0.05) is 19.2 Å². The largest absolute Gasteiger partial charge is 0.367 e. The van der Waals surface area contributed by atoms with Gasteiger partial charge in [0.25, 0.3) is 0 Å². The second-order valence-electron chi connectivity index (χ2n) is 4.77. The van der Waals surface area contributed by atoms with E-state index in [1.807, 2.05) is 6.08 Å². The van der Waals surface area contributed by atoms with Crippen molar-refractivity contribution < 1.29 is 0 Å². The molecule has 0 N–H and O–H groups in total. The zero-order valence-corrected chi connectivity index (χ0v) is 11.2. The minimum absolute atomic E-state index is 1.02. The van der Waals surface area contributed by atoms with Crippen LogP contribution in [0.15, 0.2) is 42.5 Å². The molecule has 1 heteroatoms. The quantitative estimate of drug-likeness (QED) is 0.671. The first-order valence-corrected chi connectivity index (χ1v) is 7.00. The molecule has 1 aliphatic heterocycles. The van der Waals surface area contributed by atoms with Gasteiger partial charge in [0.15, 0.2) is 0 Å². The molecule has 1 aliphatic rings. The molecule has 0 atom stereocenters. The summed E-state index contributed by atoms with van der Waals surface area (Å²) in [7, 11) is 0. The van der Waals surface area contributed by atoms with E-state index in [4.69, 9.17) is 0 Å². The molecule has 1 aromatic carbocycles. The summed E-state index contributed by atoms with van der Waals surface area (Å²) in [5.41, 5.74) is 2.52. The highest BCUT2D eigenvalue weighted by atomic mass is 15.1. The molecule has 1 radical (unpaired) electrons. The second-order valence-corrected chi connectivity index (χ2v) is 4.77. The van der Waals surface area contributed by atoms with Crippen LogP contribution in [0.25, 0.3) is 5.70 Å². The third-order valence-electron chi connectivity index (χ3n) is 3.31. The lowest BCUT2D eigenvalue weighted by molar-refractivity contribution is 0.413. The Morgan fingerprint density at radius 1 is 1.11 bits per heavy atom. The highest BCUT2D eigenvalue weighted by Gasteiger charge is 2.12. The number of hydrogen-bond donors (Lipinski definition) is 0. The number of nitrogens with zero attached hydrogens (tertiary/aromatic N) is 1. The molecule has 0 bridgehead atoms. The summed E-state index contributed by atoms with van der Waals surface area (Å²) in [5.74, 6) is 0. The van der Waals surface area contributed by atoms with E-state index in [1.54, 1.807) is 0 Å². The molecule has 18 heavy (non-hydrogen) atoms. The maximum atomic E-state index is 3.39. The van der Waals surface area contributed by atoms with E-state index in [-0.39, 0.29) is 0 Å². The third kappa shape index (κ3) is 3.49. The average Bonchev–Trinajstić information content (AvgIpc) is 2.45. The van der Waals surface area contributed by atoms with E-state index in [9.17, 15) is 0 Å². The van der Waals surface area contributed by atoms with Crippen LogP contribution in [0.2, 0.25) is 0 Å².